The van der Waals surface area contributed by atoms with Crippen molar-refractivity contribution in [3.63, 3.8) is 0 Å². The van der Waals surface area contributed by atoms with Crippen LogP contribution in [-0.4, -0.2) is 87.6 Å². The number of aliphatic hydroxyl groups excluding tert-OH is 3. The van der Waals surface area contributed by atoms with Crippen molar-refractivity contribution in [2.45, 2.75) is 49.4 Å². The van der Waals surface area contributed by atoms with Crippen LogP contribution in [0.3, 0.4) is 0 Å². The fourth-order valence-electron chi connectivity index (χ4n) is 5.46. The Morgan fingerprint density at radius 1 is 1.11 bits per heavy atom. The molecule has 0 aromatic heterocycles. The molecule has 188 valence electrons. The number of carbonyl (C=O) groups excluding carboxylic acids is 1. The Bertz CT molecular complexity index is 1110. The molecule has 0 spiro atoms. The third-order valence-electron chi connectivity index (χ3n) is 7.27. The van der Waals surface area contributed by atoms with Crippen molar-refractivity contribution < 1.29 is 44.5 Å². The summed E-state index contributed by atoms with van der Waals surface area (Å²) in [7, 11) is 1.28. The van der Waals surface area contributed by atoms with E-state index in [9.17, 15) is 30.3 Å². The van der Waals surface area contributed by atoms with Gasteiger partial charge in [0.05, 0.1) is 19.3 Å². The number of rotatable bonds is 5. The number of phenolic OH excluding ortho intramolecular Hbond substituents is 2. The van der Waals surface area contributed by atoms with Crippen LogP contribution in [0, 0.1) is 0 Å². The van der Waals surface area contributed by atoms with Gasteiger partial charge in [0.2, 0.25) is 5.75 Å². The van der Waals surface area contributed by atoms with Crippen LogP contribution in [0.5, 0.6) is 17.2 Å². The summed E-state index contributed by atoms with van der Waals surface area (Å²) in [4.78, 5) is 15.2. The van der Waals surface area contributed by atoms with E-state index in [1.54, 1.807) is 0 Å². The average Bonchev–Trinajstić information content (AvgIpc) is 3.33. The van der Waals surface area contributed by atoms with E-state index in [1.165, 1.54) is 12.7 Å². The van der Waals surface area contributed by atoms with Crippen molar-refractivity contribution in [2.75, 3.05) is 26.8 Å². The highest BCUT2D eigenvalue weighted by Gasteiger charge is 2.53. The smallest absolute Gasteiger partial charge is 0.339 e. The molecular formula is C25H29NO9. The zero-order chi connectivity index (χ0) is 24.9. The zero-order valence-electron chi connectivity index (χ0n) is 19.2. The van der Waals surface area contributed by atoms with E-state index >= 15 is 0 Å². The first-order valence-electron chi connectivity index (χ1n) is 11.6. The standard InChI is InChI=1S/C25H29NO9/c1-33-23-18(28)14(10-26-8-7-13(9-26)12-5-3-2-4-6-12)16-17(20(23)30)22-24(35-25(16)32)21(31)19(29)15(11-27)34-22/h2-6,13,15,19,21-22,24,27-31H,7-11H2,1H3/t13?,15-,19-,21+,22+,24-/m1/s1. The van der Waals surface area contributed by atoms with E-state index in [4.69, 9.17) is 14.2 Å². The second kappa shape index (κ2) is 9.29. The Hall–Kier alpha value is -2.89. The minimum atomic E-state index is -1.55. The summed E-state index contributed by atoms with van der Waals surface area (Å²) in [6.45, 7) is 1.03. The lowest BCUT2D eigenvalue weighted by atomic mass is 9.84. The Kier molecular flexibility index (Phi) is 6.32. The van der Waals surface area contributed by atoms with Gasteiger partial charge in [0, 0.05) is 24.2 Å². The molecule has 2 fully saturated rings. The molecular weight excluding hydrogens is 458 g/mol. The second-order valence-corrected chi connectivity index (χ2v) is 9.26. The van der Waals surface area contributed by atoms with Gasteiger partial charge in [0.1, 0.15) is 24.4 Å². The molecule has 5 N–H and O–H groups in total. The maximum Gasteiger partial charge on any atom is 0.339 e. The van der Waals surface area contributed by atoms with E-state index in [2.05, 4.69) is 17.0 Å². The van der Waals surface area contributed by atoms with E-state index in [0.29, 0.717) is 12.5 Å². The summed E-state index contributed by atoms with van der Waals surface area (Å²) < 4.78 is 16.5. The van der Waals surface area contributed by atoms with Gasteiger partial charge in [-0.2, -0.15) is 0 Å². The Labute approximate surface area is 201 Å². The van der Waals surface area contributed by atoms with Crippen LogP contribution in [-0.2, 0) is 16.0 Å². The van der Waals surface area contributed by atoms with Crippen LogP contribution < -0.4 is 4.74 Å². The molecule has 0 radical (unpaired) electrons. The van der Waals surface area contributed by atoms with Gasteiger partial charge in [-0.25, -0.2) is 4.79 Å². The molecule has 0 bridgehead atoms. The van der Waals surface area contributed by atoms with Crippen LogP contribution in [0.4, 0.5) is 0 Å². The molecule has 0 saturated carbocycles. The van der Waals surface area contributed by atoms with Gasteiger partial charge in [-0.15, -0.1) is 0 Å². The number of likely N-dealkylation sites (tertiary alicyclic amines) is 1. The lowest BCUT2D eigenvalue weighted by Gasteiger charge is -2.45. The summed E-state index contributed by atoms with van der Waals surface area (Å²) >= 11 is 0. The lowest BCUT2D eigenvalue weighted by Crippen LogP contribution is -2.58. The van der Waals surface area contributed by atoms with Crippen molar-refractivity contribution in [2.24, 2.45) is 0 Å². The molecule has 3 heterocycles. The summed E-state index contributed by atoms with van der Waals surface area (Å²) in [5, 5.41) is 52.3. The number of aromatic hydroxyl groups is 2. The first kappa shape index (κ1) is 23.8. The van der Waals surface area contributed by atoms with Crippen molar-refractivity contribution in [3.05, 3.63) is 52.6 Å². The van der Waals surface area contributed by atoms with Crippen LogP contribution in [0.25, 0.3) is 0 Å². The maximum atomic E-state index is 13.1. The first-order valence-corrected chi connectivity index (χ1v) is 11.6. The Morgan fingerprint density at radius 2 is 1.86 bits per heavy atom. The molecule has 2 aromatic rings. The molecule has 0 amide bonds. The van der Waals surface area contributed by atoms with E-state index in [0.717, 1.165) is 13.0 Å². The molecule has 2 saturated heterocycles. The lowest BCUT2D eigenvalue weighted by molar-refractivity contribution is -0.235. The number of methoxy groups -OCH3 is 1. The minimum Gasteiger partial charge on any atom is -0.504 e. The number of ether oxygens (including phenoxy) is 3. The monoisotopic (exact) mass is 487 g/mol. The van der Waals surface area contributed by atoms with Crippen LogP contribution in [0.15, 0.2) is 30.3 Å². The molecule has 5 rings (SSSR count). The molecule has 3 aliphatic heterocycles. The van der Waals surface area contributed by atoms with Gasteiger partial charge in [0.15, 0.2) is 17.6 Å². The summed E-state index contributed by atoms with van der Waals surface area (Å²) in [6, 6.07) is 10.1. The predicted octanol–water partition coefficient (Wildman–Crippen LogP) is 0.789. The number of esters is 1. The van der Waals surface area contributed by atoms with E-state index in [-0.39, 0.29) is 34.7 Å². The number of phenols is 2. The SMILES string of the molecule is COc1c(O)c(CN2CCC(c3ccccc3)C2)c2c(c1O)[C@@H]1O[C@H](CO)[C@@H](O)[C@H](O)[C@H]1OC2=O. The number of fused-ring (bicyclic) bond motifs is 3. The van der Waals surface area contributed by atoms with Gasteiger partial charge < -0.3 is 39.7 Å². The molecule has 1 unspecified atom stereocenters. The molecule has 10 nitrogen and oxygen atoms in total. The van der Waals surface area contributed by atoms with E-state index in [1.807, 2.05) is 18.2 Å². The molecule has 35 heavy (non-hydrogen) atoms. The van der Waals surface area contributed by atoms with Crippen LogP contribution in [0.1, 0.15) is 45.5 Å². The molecule has 10 heteroatoms. The van der Waals surface area contributed by atoms with Gasteiger partial charge in [-0.1, -0.05) is 30.3 Å². The first-order chi connectivity index (χ1) is 16.8. The topological polar surface area (TPSA) is 149 Å². The highest BCUT2D eigenvalue weighted by atomic mass is 16.6. The fraction of sp³-hybridized carbons (Fsp3) is 0.480. The van der Waals surface area contributed by atoms with Crippen molar-refractivity contribution >= 4 is 5.97 Å². The second-order valence-electron chi connectivity index (χ2n) is 9.26. The number of aliphatic hydroxyl groups is 3. The predicted molar refractivity (Wildman–Crippen MR) is 121 cm³/mol. The number of hydrogen-bond acceptors (Lipinski definition) is 10. The summed E-state index contributed by atoms with van der Waals surface area (Å²) in [5.41, 5.74) is 1.37. The third-order valence-corrected chi connectivity index (χ3v) is 7.27. The number of benzene rings is 2. The van der Waals surface area contributed by atoms with Crippen molar-refractivity contribution in [1.29, 1.82) is 0 Å². The van der Waals surface area contributed by atoms with Gasteiger partial charge >= 0.3 is 5.97 Å². The molecule has 6 atom stereocenters. The molecule has 3 aliphatic rings. The van der Waals surface area contributed by atoms with Crippen LogP contribution >= 0.6 is 0 Å². The number of nitrogens with zero attached hydrogens (tertiary/aromatic N) is 1. The van der Waals surface area contributed by atoms with Crippen molar-refractivity contribution in [3.8, 4) is 17.2 Å². The fourth-order valence-corrected chi connectivity index (χ4v) is 5.46. The van der Waals surface area contributed by atoms with Crippen molar-refractivity contribution in [1.82, 2.24) is 4.90 Å². The maximum absolute atomic E-state index is 13.1. The Balaban J connectivity index is 1.54. The Morgan fingerprint density at radius 3 is 2.54 bits per heavy atom. The highest BCUT2D eigenvalue weighted by Crippen LogP contribution is 2.52. The van der Waals surface area contributed by atoms with Gasteiger partial charge in [-0.05, 0) is 24.4 Å². The zero-order valence-corrected chi connectivity index (χ0v) is 19.2. The summed E-state index contributed by atoms with van der Waals surface area (Å²) in [5.74, 6) is -1.68. The minimum absolute atomic E-state index is 0.000827. The quantitative estimate of drug-likeness (QED) is 0.383. The van der Waals surface area contributed by atoms with Crippen LogP contribution in [0.2, 0.25) is 0 Å². The normalized spacial score (nSPS) is 30.5. The number of hydrogen-bond donors (Lipinski definition) is 5. The third kappa shape index (κ3) is 3.91. The average molecular weight is 488 g/mol. The van der Waals surface area contributed by atoms with Gasteiger partial charge in [0.25, 0.3) is 0 Å². The highest BCUT2D eigenvalue weighted by molar-refractivity contribution is 5.97. The largest absolute Gasteiger partial charge is 0.504 e. The molecule has 2 aromatic carbocycles. The van der Waals surface area contributed by atoms with Gasteiger partial charge in [-0.3, -0.25) is 4.90 Å². The summed E-state index contributed by atoms with van der Waals surface area (Å²) in [6.07, 6.45) is -5.78. The molecule has 0 aliphatic carbocycles. The number of carbonyl (C=O) groups is 1. The van der Waals surface area contributed by atoms with E-state index < -0.39 is 48.8 Å².